The minimum atomic E-state index is -0.298. The van der Waals surface area contributed by atoms with Gasteiger partial charge in [-0.25, -0.2) is 19.3 Å². The molecule has 3 N–H and O–H groups in total. The number of hydrogen-bond acceptors (Lipinski definition) is 5. The predicted molar refractivity (Wildman–Crippen MR) is 69.0 cm³/mol. The van der Waals surface area contributed by atoms with E-state index in [1.807, 2.05) is 0 Å². The maximum absolute atomic E-state index is 11.3. The molecule has 7 nitrogen and oxygen atoms in total. The van der Waals surface area contributed by atoms with Gasteiger partial charge in [0.25, 0.3) is 0 Å². The second kappa shape index (κ2) is 5.00. The Balaban J connectivity index is 1.69. The van der Waals surface area contributed by atoms with Gasteiger partial charge in [-0.1, -0.05) is 6.42 Å². The van der Waals surface area contributed by atoms with E-state index in [2.05, 4.69) is 15.2 Å². The number of nitrogens with one attached hydrogen (secondary N) is 1. The highest BCUT2D eigenvalue weighted by atomic mass is 16.5. The Morgan fingerprint density at radius 3 is 3.16 bits per heavy atom. The summed E-state index contributed by atoms with van der Waals surface area (Å²) in [6.07, 6.45) is 4.99. The molecule has 3 rings (SSSR count). The molecule has 7 heteroatoms. The average molecular weight is 263 g/mol. The highest BCUT2D eigenvalue weighted by Crippen LogP contribution is 2.31. The third-order valence-electron chi connectivity index (χ3n) is 3.85. The van der Waals surface area contributed by atoms with Crippen molar-refractivity contribution in [2.45, 2.75) is 19.3 Å². The van der Waals surface area contributed by atoms with E-state index in [0.29, 0.717) is 30.0 Å². The fourth-order valence-electron chi connectivity index (χ4n) is 2.71. The first-order chi connectivity index (χ1) is 9.28. The molecule has 0 bridgehead atoms. The molecule has 2 atom stereocenters. The molecule has 19 heavy (non-hydrogen) atoms. The van der Waals surface area contributed by atoms with Crippen LogP contribution < -0.4 is 16.2 Å². The topological polar surface area (TPSA) is 98.3 Å². The van der Waals surface area contributed by atoms with Gasteiger partial charge in [0, 0.05) is 6.07 Å². The van der Waals surface area contributed by atoms with Crippen LogP contribution >= 0.6 is 0 Å². The van der Waals surface area contributed by atoms with E-state index in [0.717, 1.165) is 13.0 Å². The lowest BCUT2D eigenvalue weighted by Crippen LogP contribution is -2.23. The molecule has 1 aliphatic carbocycles. The molecule has 0 aromatic carbocycles. The lowest BCUT2D eigenvalue weighted by molar-refractivity contribution is 0.210. The number of hydrogen-bond donors (Lipinski definition) is 2. The van der Waals surface area contributed by atoms with Gasteiger partial charge in [0.05, 0.1) is 6.61 Å². The minimum absolute atomic E-state index is 0.298. The van der Waals surface area contributed by atoms with Gasteiger partial charge in [0.15, 0.2) is 5.65 Å². The SMILES string of the molecule is NCC1CCCC1COc1cc2n[nH]c(=O)n2cn1. The number of nitrogens with zero attached hydrogens (tertiary/aromatic N) is 3. The number of nitrogens with two attached hydrogens (primary N) is 1. The summed E-state index contributed by atoms with van der Waals surface area (Å²) in [4.78, 5) is 15.4. The largest absolute Gasteiger partial charge is 0.477 e. The molecule has 0 amide bonds. The van der Waals surface area contributed by atoms with Crippen molar-refractivity contribution in [3.05, 3.63) is 22.9 Å². The van der Waals surface area contributed by atoms with E-state index >= 15 is 0 Å². The normalized spacial score (nSPS) is 23.0. The molecule has 1 fully saturated rings. The molecule has 2 aromatic rings. The van der Waals surface area contributed by atoms with E-state index in [1.165, 1.54) is 23.6 Å². The Morgan fingerprint density at radius 2 is 2.32 bits per heavy atom. The standard InChI is InChI=1S/C12H17N5O2/c13-5-8-2-1-3-9(8)6-19-11-4-10-15-16-12(18)17(10)7-14-11/h4,7-9H,1-3,5-6,13H2,(H,16,18). The molecule has 0 spiro atoms. The molecule has 102 valence electrons. The van der Waals surface area contributed by atoms with Crippen molar-refractivity contribution in [3.63, 3.8) is 0 Å². The van der Waals surface area contributed by atoms with Crippen molar-refractivity contribution >= 4 is 5.65 Å². The number of aromatic amines is 1. The smallest absolute Gasteiger partial charge is 0.348 e. The van der Waals surface area contributed by atoms with Crippen molar-refractivity contribution in [1.82, 2.24) is 19.6 Å². The lowest BCUT2D eigenvalue weighted by Gasteiger charge is -2.17. The Hall–Kier alpha value is -1.89. The maximum Gasteiger partial charge on any atom is 0.348 e. The molecule has 2 aromatic heterocycles. The van der Waals surface area contributed by atoms with Crippen LogP contribution in [-0.2, 0) is 0 Å². The zero-order valence-electron chi connectivity index (χ0n) is 10.6. The summed E-state index contributed by atoms with van der Waals surface area (Å²) in [5.74, 6) is 1.55. The first-order valence-electron chi connectivity index (χ1n) is 6.53. The maximum atomic E-state index is 11.3. The van der Waals surface area contributed by atoms with Gasteiger partial charge in [-0.3, -0.25) is 0 Å². The molecule has 1 aliphatic rings. The Bertz CT molecular complexity index is 620. The molecule has 0 saturated heterocycles. The van der Waals surface area contributed by atoms with Crippen molar-refractivity contribution in [3.8, 4) is 5.88 Å². The van der Waals surface area contributed by atoms with Crippen molar-refractivity contribution in [2.24, 2.45) is 17.6 Å². The Labute approximate surface area is 109 Å². The van der Waals surface area contributed by atoms with Gasteiger partial charge < -0.3 is 10.5 Å². The van der Waals surface area contributed by atoms with Crippen LogP contribution in [0.25, 0.3) is 5.65 Å². The highest BCUT2D eigenvalue weighted by molar-refractivity contribution is 5.38. The van der Waals surface area contributed by atoms with Crippen LogP contribution in [-0.4, -0.2) is 32.7 Å². The first kappa shape index (κ1) is 12.2. The highest BCUT2D eigenvalue weighted by Gasteiger charge is 2.26. The summed E-state index contributed by atoms with van der Waals surface area (Å²) in [6, 6.07) is 1.66. The van der Waals surface area contributed by atoms with Crippen LogP contribution in [0.15, 0.2) is 17.2 Å². The minimum Gasteiger partial charge on any atom is -0.477 e. The molecule has 0 aliphatic heterocycles. The Kier molecular flexibility index (Phi) is 3.20. The number of fused-ring (bicyclic) bond motifs is 1. The third kappa shape index (κ3) is 2.33. The fourth-order valence-corrected chi connectivity index (χ4v) is 2.71. The van der Waals surface area contributed by atoms with Gasteiger partial charge in [-0.15, -0.1) is 0 Å². The summed E-state index contributed by atoms with van der Waals surface area (Å²) >= 11 is 0. The average Bonchev–Trinajstić information content (AvgIpc) is 3.03. The lowest BCUT2D eigenvalue weighted by atomic mass is 9.97. The molecule has 2 heterocycles. The van der Waals surface area contributed by atoms with E-state index < -0.39 is 0 Å². The number of aromatic nitrogens is 4. The van der Waals surface area contributed by atoms with Gasteiger partial charge in [0.1, 0.15) is 6.33 Å². The second-order valence-electron chi connectivity index (χ2n) is 4.98. The van der Waals surface area contributed by atoms with Crippen molar-refractivity contribution < 1.29 is 4.74 Å². The van der Waals surface area contributed by atoms with Crippen LogP contribution in [0.1, 0.15) is 19.3 Å². The van der Waals surface area contributed by atoms with Crippen LogP contribution in [0.3, 0.4) is 0 Å². The number of ether oxygens (including phenoxy) is 1. The molecule has 1 saturated carbocycles. The monoisotopic (exact) mass is 263 g/mol. The summed E-state index contributed by atoms with van der Waals surface area (Å²) in [6.45, 7) is 1.34. The van der Waals surface area contributed by atoms with E-state index in [4.69, 9.17) is 10.5 Å². The Morgan fingerprint density at radius 1 is 1.47 bits per heavy atom. The van der Waals surface area contributed by atoms with E-state index in [1.54, 1.807) is 6.07 Å². The first-order valence-corrected chi connectivity index (χ1v) is 6.53. The zero-order chi connectivity index (χ0) is 13.2. The second-order valence-corrected chi connectivity index (χ2v) is 4.98. The third-order valence-corrected chi connectivity index (χ3v) is 3.85. The van der Waals surface area contributed by atoms with Crippen molar-refractivity contribution in [1.29, 1.82) is 0 Å². The van der Waals surface area contributed by atoms with Gasteiger partial charge >= 0.3 is 5.69 Å². The van der Waals surface area contributed by atoms with Gasteiger partial charge in [0.2, 0.25) is 5.88 Å². The van der Waals surface area contributed by atoms with Gasteiger partial charge in [-0.2, -0.15) is 5.10 Å². The predicted octanol–water partition coefficient (Wildman–Crippen LogP) is 0.171. The quantitative estimate of drug-likeness (QED) is 0.819. The number of H-pyrrole nitrogens is 1. The fraction of sp³-hybridized carbons (Fsp3) is 0.583. The summed E-state index contributed by atoms with van der Waals surface area (Å²) in [5.41, 5.74) is 5.96. The molecule has 0 radical (unpaired) electrons. The van der Waals surface area contributed by atoms with Gasteiger partial charge in [-0.05, 0) is 31.2 Å². The molecular formula is C12H17N5O2. The molecular weight excluding hydrogens is 246 g/mol. The zero-order valence-corrected chi connectivity index (χ0v) is 10.6. The number of rotatable bonds is 4. The van der Waals surface area contributed by atoms with Crippen LogP contribution in [0.2, 0.25) is 0 Å². The molecule has 2 unspecified atom stereocenters. The summed E-state index contributed by atoms with van der Waals surface area (Å²) in [7, 11) is 0. The summed E-state index contributed by atoms with van der Waals surface area (Å²) in [5, 5.41) is 6.24. The van der Waals surface area contributed by atoms with Crippen molar-refractivity contribution in [2.75, 3.05) is 13.2 Å². The van der Waals surface area contributed by atoms with Crippen LogP contribution in [0.4, 0.5) is 0 Å². The van der Waals surface area contributed by atoms with Crippen LogP contribution in [0, 0.1) is 11.8 Å². The van der Waals surface area contributed by atoms with Crippen LogP contribution in [0.5, 0.6) is 5.88 Å². The van der Waals surface area contributed by atoms with E-state index in [-0.39, 0.29) is 5.69 Å². The van der Waals surface area contributed by atoms with E-state index in [9.17, 15) is 4.79 Å². The summed E-state index contributed by atoms with van der Waals surface area (Å²) < 4.78 is 7.04.